The normalized spacial score (nSPS) is 10.2. The van der Waals surface area contributed by atoms with Crippen molar-refractivity contribution in [2.24, 2.45) is 5.92 Å². The fourth-order valence-corrected chi connectivity index (χ4v) is 1.37. The Labute approximate surface area is 96.9 Å². The van der Waals surface area contributed by atoms with E-state index in [1.807, 2.05) is 7.05 Å². The van der Waals surface area contributed by atoms with E-state index >= 15 is 0 Å². The number of anilines is 1. The van der Waals surface area contributed by atoms with Crippen LogP contribution < -0.4 is 4.90 Å². The maximum Gasteiger partial charge on any atom is 0.146 e. The van der Waals surface area contributed by atoms with Crippen molar-refractivity contribution in [2.75, 3.05) is 18.5 Å². The average molecular weight is 218 g/mol. The summed E-state index contributed by atoms with van der Waals surface area (Å²) in [6.07, 6.45) is 1.11. The highest BCUT2D eigenvalue weighted by molar-refractivity contribution is 5.41. The van der Waals surface area contributed by atoms with Crippen LogP contribution in [0.25, 0.3) is 0 Å². The molecule has 0 aliphatic rings. The van der Waals surface area contributed by atoms with Crippen LogP contribution in [0.3, 0.4) is 0 Å². The number of hydrogen-bond donors (Lipinski definition) is 0. The molecular formula is C12H18N4. The maximum atomic E-state index is 8.83. The van der Waals surface area contributed by atoms with Gasteiger partial charge in [0.2, 0.25) is 0 Å². The predicted molar refractivity (Wildman–Crippen MR) is 64.2 cm³/mol. The molecule has 0 fully saturated rings. The molecule has 0 aliphatic carbocycles. The van der Waals surface area contributed by atoms with Crippen molar-refractivity contribution in [3.05, 3.63) is 17.6 Å². The predicted octanol–water partition coefficient (Wildman–Crippen LogP) is 2.14. The molecule has 4 nitrogen and oxygen atoms in total. The summed E-state index contributed by atoms with van der Waals surface area (Å²) < 4.78 is 0. The van der Waals surface area contributed by atoms with Crippen LogP contribution in [-0.2, 0) is 0 Å². The van der Waals surface area contributed by atoms with E-state index in [-0.39, 0.29) is 0 Å². The van der Waals surface area contributed by atoms with Gasteiger partial charge < -0.3 is 4.90 Å². The Kier molecular flexibility index (Phi) is 4.24. The molecule has 0 unspecified atom stereocenters. The molecule has 1 heterocycles. The van der Waals surface area contributed by atoms with Gasteiger partial charge in [-0.1, -0.05) is 13.8 Å². The van der Waals surface area contributed by atoms with Gasteiger partial charge in [-0.15, -0.1) is 0 Å². The fraction of sp³-hybridized carbons (Fsp3) is 0.583. The lowest BCUT2D eigenvalue weighted by molar-refractivity contribution is 0.583. The van der Waals surface area contributed by atoms with Gasteiger partial charge in [0.25, 0.3) is 0 Å². The number of hydrogen-bond acceptors (Lipinski definition) is 4. The lowest BCUT2D eigenvalue weighted by Crippen LogP contribution is -2.21. The Morgan fingerprint density at radius 3 is 2.69 bits per heavy atom. The minimum Gasteiger partial charge on any atom is -0.360 e. The minimum atomic E-state index is 0.430. The van der Waals surface area contributed by atoms with E-state index in [9.17, 15) is 0 Å². The van der Waals surface area contributed by atoms with E-state index in [0.29, 0.717) is 17.4 Å². The Morgan fingerprint density at radius 2 is 2.12 bits per heavy atom. The molecule has 1 aromatic rings. The monoisotopic (exact) mass is 218 g/mol. The van der Waals surface area contributed by atoms with Gasteiger partial charge in [0.1, 0.15) is 23.4 Å². The Morgan fingerprint density at radius 1 is 1.44 bits per heavy atom. The SMILES string of the molecule is Cc1nc(C#N)cc(N(C)CCC(C)C)n1. The number of aromatic nitrogens is 2. The molecule has 1 rings (SSSR count). The molecule has 4 heteroatoms. The first kappa shape index (κ1) is 12.4. The first-order chi connectivity index (χ1) is 7.52. The lowest BCUT2D eigenvalue weighted by atomic mass is 10.1. The summed E-state index contributed by atoms with van der Waals surface area (Å²) >= 11 is 0. The van der Waals surface area contributed by atoms with E-state index in [0.717, 1.165) is 18.8 Å². The van der Waals surface area contributed by atoms with Crippen molar-refractivity contribution < 1.29 is 0 Å². The van der Waals surface area contributed by atoms with E-state index in [1.54, 1.807) is 13.0 Å². The summed E-state index contributed by atoms with van der Waals surface area (Å²) in [5.74, 6) is 2.14. The molecule has 0 bridgehead atoms. The second kappa shape index (κ2) is 5.45. The zero-order valence-electron chi connectivity index (χ0n) is 10.4. The van der Waals surface area contributed by atoms with E-state index < -0.39 is 0 Å². The number of nitriles is 1. The molecule has 0 aliphatic heterocycles. The van der Waals surface area contributed by atoms with Crippen molar-refractivity contribution in [1.82, 2.24) is 9.97 Å². The molecule has 0 saturated carbocycles. The van der Waals surface area contributed by atoms with Crippen LogP contribution in [0.4, 0.5) is 5.82 Å². The first-order valence-electron chi connectivity index (χ1n) is 5.50. The third kappa shape index (κ3) is 3.50. The smallest absolute Gasteiger partial charge is 0.146 e. The highest BCUT2D eigenvalue weighted by atomic mass is 15.2. The Balaban J connectivity index is 2.79. The lowest BCUT2D eigenvalue weighted by Gasteiger charge is -2.19. The average Bonchev–Trinajstić information content (AvgIpc) is 2.24. The highest BCUT2D eigenvalue weighted by Gasteiger charge is 2.06. The molecule has 0 atom stereocenters. The third-order valence-electron chi connectivity index (χ3n) is 2.37. The molecule has 0 saturated heterocycles. The van der Waals surface area contributed by atoms with E-state index in [4.69, 9.17) is 5.26 Å². The van der Waals surface area contributed by atoms with Crippen molar-refractivity contribution in [1.29, 1.82) is 5.26 Å². The van der Waals surface area contributed by atoms with Gasteiger partial charge in [-0.05, 0) is 19.3 Å². The van der Waals surface area contributed by atoms with Crippen LogP contribution in [0.2, 0.25) is 0 Å². The second-order valence-corrected chi connectivity index (χ2v) is 4.37. The molecule has 0 radical (unpaired) electrons. The van der Waals surface area contributed by atoms with Crippen molar-refractivity contribution in [3.63, 3.8) is 0 Å². The Hall–Kier alpha value is -1.63. The standard InChI is InChI=1S/C12H18N4/c1-9(2)5-6-16(4)12-7-11(8-13)14-10(3)15-12/h7,9H,5-6H2,1-4H3. The largest absolute Gasteiger partial charge is 0.360 e. The molecule has 16 heavy (non-hydrogen) atoms. The zero-order valence-corrected chi connectivity index (χ0v) is 10.4. The summed E-state index contributed by atoms with van der Waals surface area (Å²) in [7, 11) is 1.99. The van der Waals surface area contributed by atoms with Gasteiger partial charge in [0.15, 0.2) is 0 Å². The molecular weight excluding hydrogens is 200 g/mol. The summed E-state index contributed by atoms with van der Waals surface area (Å²) in [6, 6.07) is 3.78. The summed E-state index contributed by atoms with van der Waals surface area (Å²) in [5.41, 5.74) is 0.430. The third-order valence-corrected chi connectivity index (χ3v) is 2.37. The molecule has 0 spiro atoms. The highest BCUT2D eigenvalue weighted by Crippen LogP contribution is 2.12. The topological polar surface area (TPSA) is 52.8 Å². The molecule has 0 amide bonds. The van der Waals surface area contributed by atoms with Gasteiger partial charge in [-0.3, -0.25) is 0 Å². The van der Waals surface area contributed by atoms with Crippen LogP contribution in [-0.4, -0.2) is 23.6 Å². The van der Waals surface area contributed by atoms with Crippen LogP contribution in [0.15, 0.2) is 6.07 Å². The van der Waals surface area contributed by atoms with Crippen molar-refractivity contribution in [2.45, 2.75) is 27.2 Å². The van der Waals surface area contributed by atoms with Gasteiger partial charge in [0, 0.05) is 19.7 Å². The zero-order chi connectivity index (χ0) is 12.1. The van der Waals surface area contributed by atoms with Crippen LogP contribution in [0, 0.1) is 24.2 Å². The molecule has 1 aromatic heterocycles. The Bertz CT molecular complexity index is 392. The van der Waals surface area contributed by atoms with Gasteiger partial charge in [-0.25, -0.2) is 9.97 Å². The molecule has 0 aromatic carbocycles. The first-order valence-corrected chi connectivity index (χ1v) is 5.50. The van der Waals surface area contributed by atoms with Crippen molar-refractivity contribution >= 4 is 5.82 Å². The van der Waals surface area contributed by atoms with E-state index in [1.165, 1.54) is 0 Å². The summed E-state index contributed by atoms with van der Waals surface area (Å²) in [5, 5.41) is 8.83. The van der Waals surface area contributed by atoms with Gasteiger partial charge in [0.05, 0.1) is 0 Å². The molecule has 0 N–H and O–H groups in total. The van der Waals surface area contributed by atoms with Crippen LogP contribution in [0.5, 0.6) is 0 Å². The number of rotatable bonds is 4. The van der Waals surface area contributed by atoms with Crippen molar-refractivity contribution in [3.8, 4) is 6.07 Å². The fourth-order valence-electron chi connectivity index (χ4n) is 1.37. The molecule has 86 valence electrons. The number of aryl methyl sites for hydroxylation is 1. The maximum absolute atomic E-state index is 8.83. The van der Waals surface area contributed by atoms with E-state index in [2.05, 4.69) is 34.8 Å². The summed E-state index contributed by atoms with van der Waals surface area (Å²) in [6.45, 7) is 7.14. The quantitative estimate of drug-likeness (QED) is 0.777. The van der Waals surface area contributed by atoms with Crippen LogP contribution in [0.1, 0.15) is 31.8 Å². The summed E-state index contributed by atoms with van der Waals surface area (Å²) in [4.78, 5) is 10.4. The van der Waals surface area contributed by atoms with Gasteiger partial charge in [-0.2, -0.15) is 5.26 Å². The minimum absolute atomic E-state index is 0.430. The second-order valence-electron chi connectivity index (χ2n) is 4.37. The number of nitrogens with zero attached hydrogens (tertiary/aromatic N) is 4. The van der Waals surface area contributed by atoms with Gasteiger partial charge >= 0.3 is 0 Å². The van der Waals surface area contributed by atoms with Crippen LogP contribution >= 0.6 is 0 Å².